The summed E-state index contributed by atoms with van der Waals surface area (Å²) in [4.78, 5) is 24.3. The van der Waals surface area contributed by atoms with Crippen molar-refractivity contribution in [2.45, 2.75) is 25.7 Å². The van der Waals surface area contributed by atoms with Crippen LogP contribution in [0.3, 0.4) is 0 Å². The molecule has 0 aliphatic rings. The highest BCUT2D eigenvalue weighted by Crippen LogP contribution is 2.27. The Morgan fingerprint density at radius 1 is 0.957 bits per heavy atom. The Kier molecular flexibility index (Phi) is 5.16. The largest absolute Gasteiger partial charge is 0.355 e. The number of benzene rings is 2. The maximum Gasteiger partial charge on any atom is 0.253 e. The molecule has 4 heteroatoms. The lowest BCUT2D eigenvalue weighted by atomic mass is 9.81. The van der Waals surface area contributed by atoms with Crippen molar-refractivity contribution in [1.29, 1.82) is 0 Å². The third kappa shape index (κ3) is 4.19. The molecule has 0 aromatic heterocycles. The Labute approximate surface area is 136 Å². The molecule has 0 spiro atoms. The third-order valence-corrected chi connectivity index (χ3v) is 3.83. The van der Waals surface area contributed by atoms with Crippen molar-refractivity contribution in [3.05, 3.63) is 65.7 Å². The van der Waals surface area contributed by atoms with Gasteiger partial charge in [0.25, 0.3) is 5.91 Å². The Morgan fingerprint density at radius 2 is 1.57 bits per heavy atom. The van der Waals surface area contributed by atoms with Gasteiger partial charge in [-0.3, -0.25) is 9.59 Å². The summed E-state index contributed by atoms with van der Waals surface area (Å²) in [7, 11) is 1.57. The first-order chi connectivity index (χ1) is 10.9. The van der Waals surface area contributed by atoms with Gasteiger partial charge in [-0.1, -0.05) is 56.3 Å². The van der Waals surface area contributed by atoms with Crippen LogP contribution in [0, 0.1) is 0 Å². The van der Waals surface area contributed by atoms with Crippen molar-refractivity contribution in [2.24, 2.45) is 0 Å². The van der Waals surface area contributed by atoms with E-state index < -0.39 is 0 Å². The molecule has 2 N–H and O–H groups in total. The Bertz CT molecular complexity index is 694. The topological polar surface area (TPSA) is 58.2 Å². The monoisotopic (exact) mass is 310 g/mol. The number of para-hydroxylation sites is 1. The summed E-state index contributed by atoms with van der Waals surface area (Å²) in [6, 6.07) is 16.9. The standard InChI is InChI=1S/C19H22N2O2/c1-19(2,14-9-5-4-6-10-14)13-17(22)21-16-12-8-7-11-15(16)18(23)20-3/h4-12H,13H2,1-3H3,(H,20,23)(H,21,22). The number of anilines is 1. The zero-order chi connectivity index (χ0) is 16.9. The maximum atomic E-state index is 12.4. The van der Waals surface area contributed by atoms with E-state index >= 15 is 0 Å². The molecule has 0 radical (unpaired) electrons. The van der Waals surface area contributed by atoms with Gasteiger partial charge in [0.2, 0.25) is 5.91 Å². The number of amides is 2. The summed E-state index contributed by atoms with van der Waals surface area (Å²) in [6.07, 6.45) is 0.332. The lowest BCUT2D eigenvalue weighted by molar-refractivity contribution is -0.117. The molecule has 23 heavy (non-hydrogen) atoms. The van der Waals surface area contributed by atoms with Crippen LogP contribution in [0.4, 0.5) is 5.69 Å². The van der Waals surface area contributed by atoms with Crippen molar-refractivity contribution >= 4 is 17.5 Å². The van der Waals surface area contributed by atoms with Gasteiger partial charge in [0.15, 0.2) is 0 Å². The van der Waals surface area contributed by atoms with E-state index in [9.17, 15) is 9.59 Å². The number of hydrogen-bond donors (Lipinski definition) is 2. The molecule has 0 heterocycles. The van der Waals surface area contributed by atoms with Crippen LogP contribution >= 0.6 is 0 Å². The molecule has 0 aliphatic carbocycles. The Balaban J connectivity index is 2.13. The molecule has 0 saturated heterocycles. The van der Waals surface area contributed by atoms with Gasteiger partial charge in [-0.05, 0) is 23.1 Å². The van der Waals surface area contributed by atoms with Gasteiger partial charge in [-0.15, -0.1) is 0 Å². The summed E-state index contributed by atoms with van der Waals surface area (Å²) < 4.78 is 0. The Morgan fingerprint density at radius 3 is 2.22 bits per heavy atom. The van der Waals surface area contributed by atoms with Gasteiger partial charge < -0.3 is 10.6 Å². The van der Waals surface area contributed by atoms with Gasteiger partial charge in [0.05, 0.1) is 11.3 Å². The second-order valence-corrected chi connectivity index (χ2v) is 6.10. The highest BCUT2D eigenvalue weighted by atomic mass is 16.2. The van der Waals surface area contributed by atoms with Crippen molar-refractivity contribution in [3.63, 3.8) is 0 Å². The number of nitrogens with one attached hydrogen (secondary N) is 2. The number of hydrogen-bond acceptors (Lipinski definition) is 2. The highest BCUT2D eigenvalue weighted by molar-refractivity contribution is 6.03. The van der Waals surface area contributed by atoms with Gasteiger partial charge >= 0.3 is 0 Å². The first kappa shape index (κ1) is 16.7. The predicted molar refractivity (Wildman–Crippen MR) is 92.5 cm³/mol. The van der Waals surface area contributed by atoms with Crippen LogP contribution in [0.15, 0.2) is 54.6 Å². The number of carbonyl (C=O) groups is 2. The van der Waals surface area contributed by atoms with E-state index in [0.29, 0.717) is 17.7 Å². The van der Waals surface area contributed by atoms with E-state index in [2.05, 4.69) is 10.6 Å². The smallest absolute Gasteiger partial charge is 0.253 e. The molecule has 0 aliphatic heterocycles. The van der Waals surface area contributed by atoms with Crippen LogP contribution in [0.25, 0.3) is 0 Å². The SMILES string of the molecule is CNC(=O)c1ccccc1NC(=O)CC(C)(C)c1ccccc1. The maximum absolute atomic E-state index is 12.4. The zero-order valence-electron chi connectivity index (χ0n) is 13.7. The van der Waals surface area contributed by atoms with Gasteiger partial charge in [-0.2, -0.15) is 0 Å². The van der Waals surface area contributed by atoms with Crippen LogP contribution in [0.2, 0.25) is 0 Å². The summed E-state index contributed by atoms with van der Waals surface area (Å²) in [5, 5.41) is 5.43. The summed E-state index contributed by atoms with van der Waals surface area (Å²) in [6.45, 7) is 4.07. The molecule has 2 aromatic rings. The van der Waals surface area contributed by atoms with E-state index in [1.807, 2.05) is 44.2 Å². The molecule has 2 amide bonds. The fourth-order valence-electron chi connectivity index (χ4n) is 2.51. The summed E-state index contributed by atoms with van der Waals surface area (Å²) >= 11 is 0. The second kappa shape index (κ2) is 7.09. The summed E-state index contributed by atoms with van der Waals surface area (Å²) in [5.41, 5.74) is 1.81. The van der Waals surface area contributed by atoms with Gasteiger partial charge in [0, 0.05) is 13.5 Å². The molecule has 4 nitrogen and oxygen atoms in total. The van der Waals surface area contributed by atoms with E-state index in [0.717, 1.165) is 5.56 Å². The third-order valence-electron chi connectivity index (χ3n) is 3.83. The van der Waals surface area contributed by atoms with E-state index in [1.54, 1.807) is 31.3 Å². The van der Waals surface area contributed by atoms with Gasteiger partial charge in [0.1, 0.15) is 0 Å². The van der Waals surface area contributed by atoms with E-state index in [4.69, 9.17) is 0 Å². The second-order valence-electron chi connectivity index (χ2n) is 6.10. The first-order valence-electron chi connectivity index (χ1n) is 7.60. The van der Waals surface area contributed by atoms with Crippen molar-refractivity contribution in [2.75, 3.05) is 12.4 Å². The average Bonchev–Trinajstić information content (AvgIpc) is 2.55. The van der Waals surface area contributed by atoms with Crippen LogP contribution < -0.4 is 10.6 Å². The molecule has 0 atom stereocenters. The predicted octanol–water partition coefficient (Wildman–Crippen LogP) is 3.35. The van der Waals surface area contributed by atoms with Crippen molar-refractivity contribution < 1.29 is 9.59 Å². The minimum absolute atomic E-state index is 0.116. The fraction of sp³-hybridized carbons (Fsp3) is 0.263. The van der Waals surface area contributed by atoms with Crippen molar-refractivity contribution in [3.8, 4) is 0 Å². The van der Waals surface area contributed by atoms with Crippen LogP contribution in [-0.4, -0.2) is 18.9 Å². The first-order valence-corrected chi connectivity index (χ1v) is 7.60. The quantitative estimate of drug-likeness (QED) is 0.889. The lowest BCUT2D eigenvalue weighted by Crippen LogP contribution is -2.27. The summed E-state index contributed by atoms with van der Waals surface area (Å²) in [5.74, 6) is -0.335. The normalized spacial score (nSPS) is 10.9. The fourth-order valence-corrected chi connectivity index (χ4v) is 2.51. The van der Waals surface area contributed by atoms with Crippen LogP contribution in [-0.2, 0) is 10.2 Å². The molecule has 0 fully saturated rings. The van der Waals surface area contributed by atoms with Crippen molar-refractivity contribution in [1.82, 2.24) is 5.32 Å². The molecule has 0 unspecified atom stereocenters. The molecule has 0 bridgehead atoms. The number of rotatable bonds is 5. The van der Waals surface area contributed by atoms with Crippen LogP contribution in [0.5, 0.6) is 0 Å². The minimum atomic E-state index is -0.284. The Hall–Kier alpha value is -2.62. The molecular formula is C19H22N2O2. The van der Waals surface area contributed by atoms with Gasteiger partial charge in [-0.25, -0.2) is 0 Å². The van der Waals surface area contributed by atoms with Crippen LogP contribution in [0.1, 0.15) is 36.2 Å². The van der Waals surface area contributed by atoms with E-state index in [-0.39, 0.29) is 17.2 Å². The molecule has 120 valence electrons. The molecular weight excluding hydrogens is 288 g/mol. The molecule has 2 aromatic carbocycles. The average molecular weight is 310 g/mol. The minimum Gasteiger partial charge on any atom is -0.355 e. The lowest BCUT2D eigenvalue weighted by Gasteiger charge is -2.24. The number of carbonyl (C=O) groups excluding carboxylic acids is 2. The van der Waals surface area contributed by atoms with E-state index in [1.165, 1.54) is 0 Å². The molecule has 2 rings (SSSR count). The molecule has 0 saturated carbocycles. The zero-order valence-corrected chi connectivity index (χ0v) is 13.7. The highest BCUT2D eigenvalue weighted by Gasteiger charge is 2.24.